The molecule has 0 spiro atoms. The highest BCUT2D eigenvalue weighted by Gasteiger charge is 2.33. The molecule has 0 N–H and O–H groups in total. The average Bonchev–Trinajstić information content (AvgIpc) is 2.88. The summed E-state index contributed by atoms with van der Waals surface area (Å²) in [5.41, 5.74) is 2.66. The lowest BCUT2D eigenvalue weighted by Gasteiger charge is -2.12. The van der Waals surface area contributed by atoms with E-state index in [4.69, 9.17) is 0 Å². The van der Waals surface area contributed by atoms with E-state index in [-0.39, 0.29) is 11.7 Å². The van der Waals surface area contributed by atoms with Crippen molar-refractivity contribution < 1.29 is 9.59 Å². The molecule has 24 heavy (non-hydrogen) atoms. The smallest absolute Gasteiger partial charge is 0.261 e. The van der Waals surface area contributed by atoms with Crippen LogP contribution in [0.1, 0.15) is 24.2 Å². The molecule has 0 aromatic heterocycles. The van der Waals surface area contributed by atoms with Crippen molar-refractivity contribution in [2.45, 2.75) is 13.8 Å². The molecule has 2 aromatic carbocycles. The molecular weight excluding hydrogens is 302 g/mol. The second-order valence-electron chi connectivity index (χ2n) is 5.59. The molecule has 1 aliphatic rings. The fourth-order valence-electron chi connectivity index (χ4n) is 2.47. The molecule has 1 heterocycles. The standard InChI is InChI=1S/C19H17N3O2/c1-13-18(12-20-16-8-6-7-15(11-16)14(2)23)19(24)22(21-13)17-9-4-3-5-10-17/h3-12,18H,1-2H3/t18-/m0/s1. The van der Waals surface area contributed by atoms with Gasteiger partial charge >= 0.3 is 0 Å². The number of hydrazone groups is 1. The maximum atomic E-state index is 12.6. The van der Waals surface area contributed by atoms with Crippen LogP contribution in [0.2, 0.25) is 0 Å². The fourth-order valence-corrected chi connectivity index (χ4v) is 2.47. The van der Waals surface area contributed by atoms with Crippen molar-refractivity contribution in [1.29, 1.82) is 0 Å². The summed E-state index contributed by atoms with van der Waals surface area (Å²) in [7, 11) is 0. The number of amides is 1. The zero-order chi connectivity index (χ0) is 17.1. The van der Waals surface area contributed by atoms with Crippen molar-refractivity contribution in [2.75, 3.05) is 5.01 Å². The monoisotopic (exact) mass is 319 g/mol. The lowest BCUT2D eigenvalue weighted by atomic mass is 10.1. The van der Waals surface area contributed by atoms with Crippen LogP contribution in [0.25, 0.3) is 0 Å². The molecule has 120 valence electrons. The molecule has 5 nitrogen and oxygen atoms in total. The maximum Gasteiger partial charge on any atom is 0.261 e. The third-order valence-electron chi connectivity index (χ3n) is 3.81. The summed E-state index contributed by atoms with van der Waals surface area (Å²) in [6, 6.07) is 16.3. The zero-order valence-corrected chi connectivity index (χ0v) is 13.5. The van der Waals surface area contributed by atoms with Crippen molar-refractivity contribution in [2.24, 2.45) is 16.0 Å². The van der Waals surface area contributed by atoms with Crippen molar-refractivity contribution in [3.05, 3.63) is 60.2 Å². The largest absolute Gasteiger partial charge is 0.295 e. The minimum Gasteiger partial charge on any atom is -0.295 e. The highest BCUT2D eigenvalue weighted by atomic mass is 16.2. The van der Waals surface area contributed by atoms with E-state index < -0.39 is 5.92 Å². The molecule has 2 aromatic rings. The van der Waals surface area contributed by atoms with Crippen molar-refractivity contribution in [3.63, 3.8) is 0 Å². The number of benzene rings is 2. The molecule has 3 rings (SSSR count). The number of para-hydroxylation sites is 1. The van der Waals surface area contributed by atoms with E-state index in [1.165, 1.54) is 11.9 Å². The number of carbonyl (C=O) groups excluding carboxylic acids is 2. The first-order valence-electron chi connectivity index (χ1n) is 7.65. The molecular formula is C19H17N3O2. The van der Waals surface area contributed by atoms with Crippen molar-refractivity contribution in [1.82, 2.24) is 0 Å². The molecule has 1 amide bonds. The van der Waals surface area contributed by atoms with Crippen molar-refractivity contribution in [3.8, 4) is 0 Å². The molecule has 5 heteroatoms. The van der Waals surface area contributed by atoms with E-state index in [9.17, 15) is 9.59 Å². The van der Waals surface area contributed by atoms with Gasteiger partial charge in [-0.1, -0.05) is 30.3 Å². The number of Topliss-reactive ketones (excluding diaryl/α,β-unsaturated/α-hetero) is 1. The summed E-state index contributed by atoms with van der Waals surface area (Å²) in [4.78, 5) is 28.4. The Hall–Kier alpha value is -3.08. The predicted octanol–water partition coefficient (Wildman–Crippen LogP) is 3.63. The van der Waals surface area contributed by atoms with Gasteiger partial charge in [-0.2, -0.15) is 10.1 Å². The second-order valence-corrected chi connectivity index (χ2v) is 5.59. The molecule has 1 atom stereocenters. The number of hydrogen-bond donors (Lipinski definition) is 0. The van der Waals surface area contributed by atoms with Gasteiger partial charge in [0.05, 0.1) is 17.1 Å². The molecule has 1 aliphatic heterocycles. The minimum atomic E-state index is -0.494. The quantitative estimate of drug-likeness (QED) is 0.638. The highest BCUT2D eigenvalue weighted by molar-refractivity contribution is 6.23. The van der Waals surface area contributed by atoms with Gasteiger partial charge in [0.25, 0.3) is 5.91 Å². The summed E-state index contributed by atoms with van der Waals surface area (Å²) in [5.74, 6) is -0.645. The van der Waals surface area contributed by atoms with Gasteiger partial charge in [-0.05, 0) is 38.1 Å². The van der Waals surface area contributed by atoms with E-state index in [1.807, 2.05) is 37.3 Å². The van der Waals surface area contributed by atoms with E-state index in [1.54, 1.807) is 30.5 Å². The summed E-state index contributed by atoms with van der Waals surface area (Å²) in [6.07, 6.45) is 1.59. The number of carbonyl (C=O) groups is 2. The van der Waals surface area contributed by atoms with Gasteiger partial charge < -0.3 is 0 Å². The average molecular weight is 319 g/mol. The number of anilines is 1. The summed E-state index contributed by atoms with van der Waals surface area (Å²) < 4.78 is 0. The summed E-state index contributed by atoms with van der Waals surface area (Å²) >= 11 is 0. The molecule has 0 saturated carbocycles. The molecule has 0 saturated heterocycles. The van der Waals surface area contributed by atoms with Gasteiger partial charge in [-0.25, -0.2) is 0 Å². The fraction of sp³-hybridized carbons (Fsp3) is 0.158. The molecule has 0 bridgehead atoms. The topological polar surface area (TPSA) is 62.1 Å². The van der Waals surface area contributed by atoms with Gasteiger partial charge in [-0.15, -0.1) is 0 Å². The maximum absolute atomic E-state index is 12.6. The second kappa shape index (κ2) is 6.58. The minimum absolute atomic E-state index is 0.0167. The Morgan fingerprint density at radius 2 is 1.92 bits per heavy atom. The Kier molecular flexibility index (Phi) is 4.33. The summed E-state index contributed by atoms with van der Waals surface area (Å²) in [5, 5.41) is 5.74. The lowest BCUT2D eigenvalue weighted by molar-refractivity contribution is -0.118. The van der Waals surface area contributed by atoms with Crippen molar-refractivity contribution >= 4 is 35.0 Å². The number of hydrogen-bond acceptors (Lipinski definition) is 4. The Labute approximate surface area is 140 Å². The van der Waals surface area contributed by atoms with Gasteiger partial charge in [0.2, 0.25) is 0 Å². The van der Waals surface area contributed by atoms with Crippen LogP contribution in [0.3, 0.4) is 0 Å². The van der Waals surface area contributed by atoms with Crippen LogP contribution in [0.15, 0.2) is 64.7 Å². The number of aliphatic imine (C=N–C) groups is 1. The zero-order valence-electron chi connectivity index (χ0n) is 13.5. The van der Waals surface area contributed by atoms with E-state index >= 15 is 0 Å². The molecule has 0 unspecified atom stereocenters. The number of ketones is 1. The van der Waals surface area contributed by atoms with Crippen LogP contribution >= 0.6 is 0 Å². The first-order chi connectivity index (χ1) is 11.6. The first kappa shape index (κ1) is 15.8. The van der Waals surface area contributed by atoms with Crippen LogP contribution < -0.4 is 5.01 Å². The normalized spacial score (nSPS) is 17.4. The Bertz CT molecular complexity index is 841. The number of rotatable bonds is 4. The SMILES string of the molecule is CC(=O)c1cccc(N=C[C@@H]2C(=O)N(c3ccccc3)N=C2C)c1. The Morgan fingerprint density at radius 3 is 2.62 bits per heavy atom. The molecule has 0 aliphatic carbocycles. The lowest BCUT2D eigenvalue weighted by Crippen LogP contribution is -2.27. The van der Waals surface area contributed by atoms with Crippen LogP contribution in [0, 0.1) is 5.92 Å². The van der Waals surface area contributed by atoms with Crippen LogP contribution in [-0.2, 0) is 4.79 Å². The van der Waals surface area contributed by atoms with Gasteiger partial charge in [0.15, 0.2) is 5.78 Å². The van der Waals surface area contributed by atoms with Crippen LogP contribution in [-0.4, -0.2) is 23.6 Å². The summed E-state index contributed by atoms with van der Waals surface area (Å²) in [6.45, 7) is 3.32. The third kappa shape index (κ3) is 3.15. The third-order valence-corrected chi connectivity index (χ3v) is 3.81. The van der Waals surface area contributed by atoms with Gasteiger partial charge in [0, 0.05) is 11.8 Å². The van der Waals surface area contributed by atoms with E-state index in [0.29, 0.717) is 17.0 Å². The first-order valence-corrected chi connectivity index (χ1v) is 7.65. The highest BCUT2D eigenvalue weighted by Crippen LogP contribution is 2.23. The molecule has 0 fully saturated rings. The predicted molar refractivity (Wildman–Crippen MR) is 95.1 cm³/mol. The molecule has 0 radical (unpaired) electrons. The van der Waals surface area contributed by atoms with E-state index in [2.05, 4.69) is 10.1 Å². The van der Waals surface area contributed by atoms with E-state index in [0.717, 1.165) is 5.69 Å². The van der Waals surface area contributed by atoms with Gasteiger partial charge in [-0.3, -0.25) is 14.6 Å². The van der Waals surface area contributed by atoms with Crippen LogP contribution in [0.5, 0.6) is 0 Å². The number of nitrogens with zero attached hydrogens (tertiary/aromatic N) is 3. The van der Waals surface area contributed by atoms with Gasteiger partial charge in [0.1, 0.15) is 5.92 Å². The Balaban J connectivity index is 1.81. The van der Waals surface area contributed by atoms with Crippen LogP contribution in [0.4, 0.5) is 11.4 Å². The Morgan fingerprint density at radius 1 is 1.17 bits per heavy atom.